The smallest absolute Gasteiger partial charge is 0.314 e. The highest BCUT2D eigenvalue weighted by molar-refractivity contribution is 7.10. The summed E-state index contributed by atoms with van der Waals surface area (Å²) in [6, 6.07) is 5.53. The summed E-state index contributed by atoms with van der Waals surface area (Å²) in [6.45, 7) is 6.02. The van der Waals surface area contributed by atoms with Crippen molar-refractivity contribution in [3.8, 4) is 0 Å². The van der Waals surface area contributed by atoms with E-state index in [0.717, 1.165) is 23.4 Å². The van der Waals surface area contributed by atoms with E-state index in [-0.39, 0.29) is 6.04 Å². The first-order valence-electron chi connectivity index (χ1n) is 8.12. The van der Waals surface area contributed by atoms with Crippen LogP contribution in [0, 0.1) is 12.8 Å². The zero-order valence-electron chi connectivity index (χ0n) is 14.5. The molecule has 2 heterocycles. The fourth-order valence-corrected chi connectivity index (χ4v) is 3.63. The summed E-state index contributed by atoms with van der Waals surface area (Å²) in [4.78, 5) is 25.6. The molecule has 0 aliphatic heterocycles. The average molecular weight is 348 g/mol. The van der Waals surface area contributed by atoms with Crippen molar-refractivity contribution in [1.29, 1.82) is 0 Å². The van der Waals surface area contributed by atoms with Crippen molar-refractivity contribution in [2.24, 2.45) is 13.0 Å². The van der Waals surface area contributed by atoms with Crippen molar-refractivity contribution in [3.63, 3.8) is 0 Å². The third-order valence-corrected chi connectivity index (χ3v) is 5.06. The zero-order valence-corrected chi connectivity index (χ0v) is 15.3. The maximum absolute atomic E-state index is 12.4. The molecule has 24 heavy (non-hydrogen) atoms. The molecule has 0 saturated carbocycles. The quantitative estimate of drug-likeness (QED) is 0.788. The summed E-state index contributed by atoms with van der Waals surface area (Å²) >= 11 is 1.59. The molecule has 0 radical (unpaired) electrons. The molecule has 2 N–H and O–H groups in total. The lowest BCUT2D eigenvalue weighted by molar-refractivity contribution is -0.136. The molecule has 0 saturated heterocycles. The second-order valence-electron chi connectivity index (χ2n) is 5.79. The number of thiophene rings is 1. The molecule has 2 amide bonds. The Morgan fingerprint density at radius 3 is 2.50 bits per heavy atom. The van der Waals surface area contributed by atoms with Gasteiger partial charge in [-0.2, -0.15) is 5.10 Å². The normalized spacial score (nSPS) is 12.2. The first-order chi connectivity index (χ1) is 11.5. The monoisotopic (exact) mass is 348 g/mol. The van der Waals surface area contributed by atoms with Crippen molar-refractivity contribution in [2.45, 2.75) is 39.7 Å². The second kappa shape index (κ2) is 8.10. The number of nitrogens with one attached hydrogen (secondary N) is 2. The molecule has 0 aromatic carbocycles. The first-order valence-corrected chi connectivity index (χ1v) is 9.00. The molecule has 0 fully saturated rings. The fraction of sp³-hybridized carbons (Fsp3) is 0.471. The van der Waals surface area contributed by atoms with Gasteiger partial charge in [0.15, 0.2) is 0 Å². The predicted molar refractivity (Wildman–Crippen MR) is 95.8 cm³/mol. The summed E-state index contributed by atoms with van der Waals surface area (Å²) < 4.78 is 1.54. The van der Waals surface area contributed by atoms with Crippen LogP contribution in [0.3, 0.4) is 0 Å². The number of aromatic nitrogens is 2. The van der Waals surface area contributed by atoms with E-state index in [2.05, 4.69) is 29.6 Å². The van der Waals surface area contributed by atoms with Gasteiger partial charge in [-0.25, -0.2) is 0 Å². The number of carbonyl (C=O) groups excluding carboxylic acids is 2. The lowest BCUT2D eigenvalue weighted by atomic mass is 9.93. The minimum Gasteiger partial charge on any atom is -0.340 e. The molecule has 0 spiro atoms. The van der Waals surface area contributed by atoms with Crippen LogP contribution in [0.15, 0.2) is 23.6 Å². The highest BCUT2D eigenvalue weighted by Gasteiger charge is 2.26. The van der Waals surface area contributed by atoms with Gasteiger partial charge in [-0.1, -0.05) is 32.8 Å². The molecule has 2 aromatic rings. The molecular formula is C17H24N4O2S. The van der Waals surface area contributed by atoms with Crippen LogP contribution < -0.4 is 10.6 Å². The Balaban J connectivity index is 2.09. The largest absolute Gasteiger partial charge is 0.340 e. The Labute approximate surface area is 146 Å². The highest BCUT2D eigenvalue weighted by atomic mass is 32.1. The Bertz CT molecular complexity index is 690. The third kappa shape index (κ3) is 4.23. The van der Waals surface area contributed by atoms with Gasteiger partial charge in [0.25, 0.3) is 0 Å². The third-order valence-electron chi connectivity index (χ3n) is 4.11. The maximum Gasteiger partial charge on any atom is 0.314 e. The van der Waals surface area contributed by atoms with Crippen LogP contribution in [0.2, 0.25) is 0 Å². The van der Waals surface area contributed by atoms with Gasteiger partial charge < -0.3 is 10.6 Å². The van der Waals surface area contributed by atoms with Gasteiger partial charge in [-0.3, -0.25) is 14.3 Å². The van der Waals surface area contributed by atoms with E-state index in [9.17, 15) is 9.59 Å². The molecule has 0 bridgehead atoms. The SMILES string of the molecule is CCC(CC)[C@H](NC(=O)C(=O)Nc1cc(C)nn1C)c1cccs1. The van der Waals surface area contributed by atoms with Crippen LogP contribution in [0.4, 0.5) is 5.82 Å². The number of hydrogen-bond acceptors (Lipinski definition) is 4. The van der Waals surface area contributed by atoms with Crippen molar-refractivity contribution in [1.82, 2.24) is 15.1 Å². The van der Waals surface area contributed by atoms with Crippen molar-refractivity contribution >= 4 is 29.0 Å². The molecule has 2 aromatic heterocycles. The van der Waals surface area contributed by atoms with Gasteiger partial charge in [0, 0.05) is 18.0 Å². The molecule has 1 atom stereocenters. The van der Waals surface area contributed by atoms with E-state index >= 15 is 0 Å². The molecule has 2 rings (SSSR count). The van der Waals surface area contributed by atoms with Crippen LogP contribution in [-0.2, 0) is 16.6 Å². The van der Waals surface area contributed by atoms with Crippen molar-refractivity contribution in [2.75, 3.05) is 5.32 Å². The molecule has 7 heteroatoms. The average Bonchev–Trinajstić information content (AvgIpc) is 3.17. The predicted octanol–water partition coefficient (Wildman–Crippen LogP) is 3.02. The lowest BCUT2D eigenvalue weighted by Crippen LogP contribution is -2.40. The number of hydrogen-bond donors (Lipinski definition) is 2. The number of anilines is 1. The second-order valence-corrected chi connectivity index (χ2v) is 6.77. The zero-order chi connectivity index (χ0) is 17.7. The van der Waals surface area contributed by atoms with Gasteiger partial charge in [-0.05, 0) is 24.3 Å². The van der Waals surface area contributed by atoms with Crippen LogP contribution in [0.25, 0.3) is 0 Å². The van der Waals surface area contributed by atoms with Crippen LogP contribution in [-0.4, -0.2) is 21.6 Å². The minimum atomic E-state index is -0.675. The summed E-state index contributed by atoms with van der Waals surface area (Å²) in [7, 11) is 1.72. The topological polar surface area (TPSA) is 76.0 Å². The lowest BCUT2D eigenvalue weighted by Gasteiger charge is -2.25. The molecular weight excluding hydrogens is 324 g/mol. The van der Waals surface area contributed by atoms with E-state index in [0.29, 0.717) is 11.7 Å². The molecule has 0 unspecified atom stereocenters. The van der Waals surface area contributed by atoms with E-state index in [1.807, 2.05) is 24.4 Å². The number of carbonyl (C=O) groups is 2. The van der Waals surface area contributed by atoms with Gasteiger partial charge >= 0.3 is 11.8 Å². The number of amides is 2. The van der Waals surface area contributed by atoms with Gasteiger partial charge in [0.1, 0.15) is 5.82 Å². The molecule has 130 valence electrons. The van der Waals surface area contributed by atoms with Crippen LogP contribution in [0.5, 0.6) is 0 Å². The Morgan fingerprint density at radius 2 is 2.00 bits per heavy atom. The van der Waals surface area contributed by atoms with Crippen molar-refractivity contribution in [3.05, 3.63) is 34.2 Å². The minimum absolute atomic E-state index is 0.147. The molecule has 0 aliphatic rings. The van der Waals surface area contributed by atoms with E-state index in [1.54, 1.807) is 24.5 Å². The van der Waals surface area contributed by atoms with Crippen LogP contribution in [0.1, 0.15) is 43.3 Å². The maximum atomic E-state index is 12.4. The first kappa shape index (κ1) is 18.2. The summed E-state index contributed by atoms with van der Waals surface area (Å²) in [5.74, 6) is -0.508. The number of nitrogens with zero attached hydrogens (tertiary/aromatic N) is 2. The Kier molecular flexibility index (Phi) is 6.14. The standard InChI is InChI=1S/C17H24N4O2S/c1-5-12(6-2)15(13-8-7-9-24-13)19-17(23)16(22)18-14-10-11(3)20-21(14)4/h7-10,12,15H,5-6H2,1-4H3,(H,18,22)(H,19,23)/t15-/m0/s1. The van der Waals surface area contributed by atoms with Gasteiger partial charge in [0.05, 0.1) is 11.7 Å². The Hall–Kier alpha value is -2.15. The summed E-state index contributed by atoms with van der Waals surface area (Å²) in [5, 5.41) is 11.6. The number of rotatable bonds is 6. The van der Waals surface area contributed by atoms with Gasteiger partial charge in [-0.15, -0.1) is 11.3 Å². The van der Waals surface area contributed by atoms with E-state index < -0.39 is 11.8 Å². The Morgan fingerprint density at radius 1 is 1.29 bits per heavy atom. The molecule has 0 aliphatic carbocycles. The fourth-order valence-electron chi connectivity index (χ4n) is 2.76. The van der Waals surface area contributed by atoms with Gasteiger partial charge in [0.2, 0.25) is 0 Å². The van der Waals surface area contributed by atoms with E-state index in [4.69, 9.17) is 0 Å². The molecule has 6 nitrogen and oxygen atoms in total. The number of aryl methyl sites for hydroxylation is 2. The van der Waals surface area contributed by atoms with Crippen LogP contribution >= 0.6 is 11.3 Å². The summed E-state index contributed by atoms with van der Waals surface area (Å²) in [5.41, 5.74) is 0.779. The van der Waals surface area contributed by atoms with Crippen molar-refractivity contribution < 1.29 is 9.59 Å². The van der Waals surface area contributed by atoms with E-state index in [1.165, 1.54) is 4.68 Å². The summed E-state index contributed by atoms with van der Waals surface area (Å²) in [6.07, 6.45) is 1.86. The highest BCUT2D eigenvalue weighted by Crippen LogP contribution is 2.30.